The lowest BCUT2D eigenvalue weighted by Gasteiger charge is -2.18. The zero-order valence-corrected chi connectivity index (χ0v) is 7.97. The summed E-state index contributed by atoms with van der Waals surface area (Å²) < 4.78 is 0. The Hall–Kier alpha value is -0.0400. The van der Waals surface area contributed by atoms with Crippen LogP contribution in [-0.4, -0.2) is 25.0 Å². The van der Waals surface area contributed by atoms with Crippen LogP contribution in [0, 0.1) is 5.92 Å². The number of rotatable bonds is 2. The SMILES string of the molecule is CCCC1CCCCN(C)C1. The van der Waals surface area contributed by atoms with E-state index < -0.39 is 0 Å². The zero-order valence-electron chi connectivity index (χ0n) is 7.97. The normalized spacial score (nSPS) is 28.4. The molecule has 0 saturated carbocycles. The Morgan fingerprint density at radius 2 is 2.18 bits per heavy atom. The van der Waals surface area contributed by atoms with Gasteiger partial charge in [-0.3, -0.25) is 0 Å². The maximum Gasteiger partial charge on any atom is 0.000660 e. The van der Waals surface area contributed by atoms with Crippen LogP contribution in [0.1, 0.15) is 39.0 Å². The third-order valence-corrected chi connectivity index (χ3v) is 2.67. The van der Waals surface area contributed by atoms with Crippen molar-refractivity contribution < 1.29 is 0 Å². The summed E-state index contributed by atoms with van der Waals surface area (Å²) in [6, 6.07) is 0. The summed E-state index contributed by atoms with van der Waals surface area (Å²) in [5.41, 5.74) is 0. The molecule has 1 saturated heterocycles. The van der Waals surface area contributed by atoms with Crippen molar-refractivity contribution >= 4 is 0 Å². The van der Waals surface area contributed by atoms with Crippen LogP contribution in [0.25, 0.3) is 0 Å². The third kappa shape index (κ3) is 3.24. The fourth-order valence-electron chi connectivity index (χ4n) is 2.08. The van der Waals surface area contributed by atoms with E-state index in [1.165, 1.54) is 45.2 Å². The largest absolute Gasteiger partial charge is 0.306 e. The quantitative estimate of drug-likeness (QED) is 0.592. The van der Waals surface area contributed by atoms with E-state index in [2.05, 4.69) is 18.9 Å². The van der Waals surface area contributed by atoms with Gasteiger partial charge in [-0.2, -0.15) is 0 Å². The van der Waals surface area contributed by atoms with Crippen molar-refractivity contribution in [1.29, 1.82) is 0 Å². The molecular weight excluding hydrogens is 134 g/mol. The summed E-state index contributed by atoms with van der Waals surface area (Å²) >= 11 is 0. The molecule has 0 aliphatic carbocycles. The van der Waals surface area contributed by atoms with Crippen LogP contribution in [0.4, 0.5) is 0 Å². The third-order valence-electron chi connectivity index (χ3n) is 2.67. The summed E-state index contributed by atoms with van der Waals surface area (Å²) in [5.74, 6) is 0.993. The van der Waals surface area contributed by atoms with E-state index in [1.807, 2.05) is 0 Å². The zero-order chi connectivity index (χ0) is 8.10. The number of hydrogen-bond donors (Lipinski definition) is 0. The second kappa shape index (κ2) is 4.76. The molecule has 0 amide bonds. The molecule has 0 bridgehead atoms. The van der Waals surface area contributed by atoms with Crippen molar-refractivity contribution in [1.82, 2.24) is 4.90 Å². The molecule has 1 nitrogen and oxygen atoms in total. The van der Waals surface area contributed by atoms with Crippen LogP contribution < -0.4 is 0 Å². The molecule has 1 atom stereocenters. The molecule has 0 aromatic rings. The lowest BCUT2D eigenvalue weighted by Crippen LogP contribution is -2.23. The molecule has 1 heteroatoms. The second-order valence-electron chi connectivity index (χ2n) is 3.91. The van der Waals surface area contributed by atoms with Gasteiger partial charge in [-0.15, -0.1) is 0 Å². The summed E-state index contributed by atoms with van der Waals surface area (Å²) in [5, 5.41) is 0. The van der Waals surface area contributed by atoms with Crippen molar-refractivity contribution in [3.8, 4) is 0 Å². The molecule has 66 valence electrons. The Bertz CT molecular complexity index is 101. The van der Waals surface area contributed by atoms with Gasteiger partial charge in [0.15, 0.2) is 0 Å². The molecule has 1 rings (SSSR count). The van der Waals surface area contributed by atoms with Gasteiger partial charge in [0.05, 0.1) is 0 Å². The van der Waals surface area contributed by atoms with Crippen molar-refractivity contribution in [3.05, 3.63) is 0 Å². The van der Waals surface area contributed by atoms with Gasteiger partial charge in [-0.05, 0) is 38.8 Å². The summed E-state index contributed by atoms with van der Waals surface area (Å²) in [7, 11) is 2.26. The van der Waals surface area contributed by atoms with Crippen molar-refractivity contribution in [2.75, 3.05) is 20.1 Å². The molecule has 0 aromatic carbocycles. The minimum Gasteiger partial charge on any atom is -0.306 e. The highest BCUT2D eigenvalue weighted by Crippen LogP contribution is 2.19. The Kier molecular flexibility index (Phi) is 3.92. The van der Waals surface area contributed by atoms with E-state index >= 15 is 0 Å². The van der Waals surface area contributed by atoms with Crippen LogP contribution >= 0.6 is 0 Å². The van der Waals surface area contributed by atoms with Crippen molar-refractivity contribution in [2.24, 2.45) is 5.92 Å². The number of hydrogen-bond acceptors (Lipinski definition) is 1. The molecule has 0 spiro atoms. The van der Waals surface area contributed by atoms with Crippen LogP contribution in [-0.2, 0) is 0 Å². The Balaban J connectivity index is 2.27. The monoisotopic (exact) mass is 155 g/mol. The topological polar surface area (TPSA) is 3.24 Å². The summed E-state index contributed by atoms with van der Waals surface area (Å²) in [6.07, 6.45) is 7.13. The molecule has 0 radical (unpaired) electrons. The molecule has 1 aliphatic heterocycles. The Morgan fingerprint density at radius 3 is 2.91 bits per heavy atom. The highest BCUT2D eigenvalue weighted by atomic mass is 15.1. The molecule has 1 unspecified atom stereocenters. The van der Waals surface area contributed by atoms with Gasteiger partial charge in [0.1, 0.15) is 0 Å². The maximum absolute atomic E-state index is 2.49. The maximum atomic E-state index is 2.49. The smallest absolute Gasteiger partial charge is 0.000660 e. The Morgan fingerprint density at radius 1 is 1.36 bits per heavy atom. The van der Waals surface area contributed by atoms with E-state index in [9.17, 15) is 0 Å². The van der Waals surface area contributed by atoms with Gasteiger partial charge in [0.2, 0.25) is 0 Å². The predicted octanol–water partition coefficient (Wildman–Crippen LogP) is 2.52. The van der Waals surface area contributed by atoms with Gasteiger partial charge in [-0.25, -0.2) is 0 Å². The van der Waals surface area contributed by atoms with Crippen LogP contribution in [0.5, 0.6) is 0 Å². The number of likely N-dealkylation sites (tertiary alicyclic amines) is 1. The average Bonchev–Trinajstić information content (AvgIpc) is 2.15. The first-order valence-corrected chi connectivity index (χ1v) is 5.01. The first-order chi connectivity index (χ1) is 5.33. The van der Waals surface area contributed by atoms with Gasteiger partial charge in [0, 0.05) is 6.54 Å². The average molecular weight is 155 g/mol. The second-order valence-corrected chi connectivity index (χ2v) is 3.91. The summed E-state index contributed by atoms with van der Waals surface area (Å²) in [6.45, 7) is 4.96. The minimum absolute atomic E-state index is 0.993. The first-order valence-electron chi connectivity index (χ1n) is 5.01. The standard InChI is InChI=1S/C10H21N/c1-3-6-10-7-4-5-8-11(2)9-10/h10H,3-9H2,1-2H3. The van der Waals surface area contributed by atoms with Gasteiger partial charge in [0.25, 0.3) is 0 Å². The molecule has 0 N–H and O–H groups in total. The van der Waals surface area contributed by atoms with E-state index in [0.29, 0.717) is 0 Å². The van der Waals surface area contributed by atoms with E-state index in [-0.39, 0.29) is 0 Å². The first kappa shape index (κ1) is 9.05. The lowest BCUT2D eigenvalue weighted by molar-refractivity contribution is 0.289. The van der Waals surface area contributed by atoms with Crippen molar-refractivity contribution in [3.63, 3.8) is 0 Å². The molecular formula is C10H21N. The van der Waals surface area contributed by atoms with Crippen LogP contribution in [0.15, 0.2) is 0 Å². The van der Waals surface area contributed by atoms with E-state index in [0.717, 1.165) is 5.92 Å². The Labute approximate surface area is 70.8 Å². The van der Waals surface area contributed by atoms with Gasteiger partial charge in [-0.1, -0.05) is 19.8 Å². The molecule has 1 aliphatic rings. The van der Waals surface area contributed by atoms with Gasteiger partial charge < -0.3 is 4.90 Å². The molecule has 11 heavy (non-hydrogen) atoms. The lowest BCUT2D eigenvalue weighted by atomic mass is 9.98. The van der Waals surface area contributed by atoms with Crippen LogP contribution in [0.3, 0.4) is 0 Å². The van der Waals surface area contributed by atoms with Crippen LogP contribution in [0.2, 0.25) is 0 Å². The van der Waals surface area contributed by atoms with Crippen molar-refractivity contribution in [2.45, 2.75) is 39.0 Å². The molecule has 0 aromatic heterocycles. The highest BCUT2D eigenvalue weighted by Gasteiger charge is 2.13. The summed E-state index contributed by atoms with van der Waals surface area (Å²) in [4.78, 5) is 2.49. The minimum atomic E-state index is 0.993. The van der Waals surface area contributed by atoms with Gasteiger partial charge >= 0.3 is 0 Å². The fraction of sp³-hybridized carbons (Fsp3) is 1.00. The van der Waals surface area contributed by atoms with E-state index in [1.54, 1.807) is 0 Å². The highest BCUT2D eigenvalue weighted by molar-refractivity contribution is 4.68. The molecule has 1 heterocycles. The fourth-order valence-corrected chi connectivity index (χ4v) is 2.08. The van der Waals surface area contributed by atoms with E-state index in [4.69, 9.17) is 0 Å². The predicted molar refractivity (Wildman–Crippen MR) is 49.7 cm³/mol. The number of nitrogens with zero attached hydrogens (tertiary/aromatic N) is 1. The molecule has 1 fully saturated rings.